The summed E-state index contributed by atoms with van der Waals surface area (Å²) in [4.78, 5) is 11.8. The number of ether oxygens (including phenoxy) is 1. The van der Waals surface area contributed by atoms with Crippen molar-refractivity contribution in [1.82, 2.24) is 0 Å². The lowest BCUT2D eigenvalue weighted by atomic mass is 9.87. The molecule has 0 spiro atoms. The number of benzene rings is 2. The Balaban J connectivity index is 1.87. The summed E-state index contributed by atoms with van der Waals surface area (Å²) >= 11 is 0. The Hall–Kier alpha value is -2.29. The first-order chi connectivity index (χ1) is 9.95. The molecular weight excluding hydrogens is 262 g/mol. The summed E-state index contributed by atoms with van der Waals surface area (Å²) in [5.41, 5.74) is 2.13. The van der Waals surface area contributed by atoms with Crippen molar-refractivity contribution in [3.63, 3.8) is 0 Å². The molecule has 2 rings (SSSR count). The van der Waals surface area contributed by atoms with Crippen LogP contribution in [0.4, 0.5) is 5.69 Å². The minimum Gasteiger partial charge on any atom is -0.484 e. The minimum atomic E-state index is -0.166. The second-order valence-corrected chi connectivity index (χ2v) is 5.98. The summed E-state index contributed by atoms with van der Waals surface area (Å²) in [5, 5.41) is 2.78. The number of hydrogen-bond acceptors (Lipinski definition) is 2. The summed E-state index contributed by atoms with van der Waals surface area (Å²) in [6.45, 7) is 6.49. The van der Waals surface area contributed by atoms with Crippen LogP contribution in [0.1, 0.15) is 26.3 Å². The second kappa shape index (κ2) is 6.44. The third-order valence-electron chi connectivity index (χ3n) is 3.15. The maximum absolute atomic E-state index is 11.8. The van der Waals surface area contributed by atoms with Gasteiger partial charge in [-0.05, 0) is 35.2 Å². The van der Waals surface area contributed by atoms with E-state index >= 15 is 0 Å². The van der Waals surface area contributed by atoms with Crippen LogP contribution < -0.4 is 10.1 Å². The van der Waals surface area contributed by atoms with E-state index in [-0.39, 0.29) is 17.9 Å². The van der Waals surface area contributed by atoms with Gasteiger partial charge in [-0.25, -0.2) is 0 Å². The number of amides is 1. The fraction of sp³-hybridized carbons (Fsp3) is 0.278. The first kappa shape index (κ1) is 15.1. The SMILES string of the molecule is CC(C)(C)c1ccc(OCC(=O)Nc2ccccc2)cc1. The normalized spacial score (nSPS) is 11.0. The number of anilines is 1. The molecule has 0 aromatic heterocycles. The predicted molar refractivity (Wildman–Crippen MR) is 85.7 cm³/mol. The van der Waals surface area contributed by atoms with E-state index in [4.69, 9.17) is 4.74 Å². The van der Waals surface area contributed by atoms with Crippen LogP contribution in [0.3, 0.4) is 0 Å². The lowest BCUT2D eigenvalue weighted by molar-refractivity contribution is -0.118. The summed E-state index contributed by atoms with van der Waals surface area (Å²) in [6.07, 6.45) is 0. The van der Waals surface area contributed by atoms with Crippen LogP contribution in [0.25, 0.3) is 0 Å². The second-order valence-electron chi connectivity index (χ2n) is 5.98. The van der Waals surface area contributed by atoms with Gasteiger partial charge < -0.3 is 10.1 Å². The van der Waals surface area contributed by atoms with Crippen LogP contribution in [0.2, 0.25) is 0 Å². The van der Waals surface area contributed by atoms with Crippen LogP contribution >= 0.6 is 0 Å². The van der Waals surface area contributed by atoms with Crippen molar-refractivity contribution in [2.45, 2.75) is 26.2 Å². The van der Waals surface area contributed by atoms with Crippen molar-refractivity contribution in [3.05, 3.63) is 60.2 Å². The van der Waals surface area contributed by atoms with E-state index in [1.165, 1.54) is 5.56 Å². The smallest absolute Gasteiger partial charge is 0.262 e. The van der Waals surface area contributed by atoms with Gasteiger partial charge in [0, 0.05) is 5.69 Å². The van der Waals surface area contributed by atoms with Gasteiger partial charge in [0.25, 0.3) is 5.91 Å². The van der Waals surface area contributed by atoms with Crippen molar-refractivity contribution in [2.75, 3.05) is 11.9 Å². The Kier molecular flexibility index (Phi) is 4.63. The molecule has 110 valence electrons. The molecule has 1 N–H and O–H groups in total. The number of carbonyl (C=O) groups excluding carboxylic acids is 1. The molecule has 1 amide bonds. The third kappa shape index (κ3) is 4.63. The van der Waals surface area contributed by atoms with Gasteiger partial charge in [-0.1, -0.05) is 51.1 Å². The summed E-state index contributed by atoms with van der Waals surface area (Å²) in [5.74, 6) is 0.535. The van der Waals surface area contributed by atoms with Crippen molar-refractivity contribution in [2.24, 2.45) is 0 Å². The molecule has 0 atom stereocenters. The standard InChI is InChI=1S/C18H21NO2/c1-18(2,3)14-9-11-16(12-10-14)21-13-17(20)19-15-7-5-4-6-8-15/h4-12H,13H2,1-3H3,(H,19,20). The lowest BCUT2D eigenvalue weighted by Crippen LogP contribution is -2.20. The fourth-order valence-electron chi connectivity index (χ4n) is 1.92. The Labute approximate surface area is 126 Å². The van der Waals surface area contributed by atoms with E-state index in [1.807, 2.05) is 54.6 Å². The molecule has 21 heavy (non-hydrogen) atoms. The Morgan fingerprint density at radius 2 is 1.62 bits per heavy atom. The van der Waals surface area contributed by atoms with E-state index in [0.717, 1.165) is 5.69 Å². The van der Waals surface area contributed by atoms with Crippen LogP contribution in [-0.2, 0) is 10.2 Å². The molecule has 0 aliphatic rings. The number of para-hydroxylation sites is 1. The number of carbonyl (C=O) groups is 1. The van der Waals surface area contributed by atoms with E-state index in [2.05, 4.69) is 26.1 Å². The van der Waals surface area contributed by atoms with Crippen LogP contribution in [0.5, 0.6) is 5.75 Å². The van der Waals surface area contributed by atoms with Crippen LogP contribution in [0.15, 0.2) is 54.6 Å². The highest BCUT2D eigenvalue weighted by Crippen LogP contribution is 2.24. The monoisotopic (exact) mass is 283 g/mol. The highest BCUT2D eigenvalue weighted by Gasteiger charge is 2.13. The molecule has 2 aromatic carbocycles. The van der Waals surface area contributed by atoms with Crippen molar-refractivity contribution < 1.29 is 9.53 Å². The molecule has 3 heteroatoms. The largest absolute Gasteiger partial charge is 0.484 e. The van der Waals surface area contributed by atoms with Gasteiger partial charge in [0.1, 0.15) is 5.75 Å². The van der Waals surface area contributed by atoms with Crippen molar-refractivity contribution in [3.8, 4) is 5.75 Å². The van der Waals surface area contributed by atoms with Gasteiger partial charge in [-0.15, -0.1) is 0 Å². The first-order valence-electron chi connectivity index (χ1n) is 7.03. The van der Waals surface area contributed by atoms with E-state index in [9.17, 15) is 4.79 Å². The number of rotatable bonds is 4. The highest BCUT2D eigenvalue weighted by molar-refractivity contribution is 5.91. The maximum Gasteiger partial charge on any atom is 0.262 e. The molecule has 0 unspecified atom stereocenters. The summed E-state index contributed by atoms with van der Waals surface area (Å²) < 4.78 is 5.50. The molecule has 0 bridgehead atoms. The van der Waals surface area contributed by atoms with Crippen LogP contribution in [0, 0.1) is 0 Å². The first-order valence-corrected chi connectivity index (χ1v) is 7.03. The average Bonchev–Trinajstić information content (AvgIpc) is 2.46. The quantitative estimate of drug-likeness (QED) is 0.921. The van der Waals surface area contributed by atoms with Gasteiger partial charge in [-0.3, -0.25) is 4.79 Å². The van der Waals surface area contributed by atoms with E-state index < -0.39 is 0 Å². The molecule has 2 aromatic rings. The van der Waals surface area contributed by atoms with E-state index in [0.29, 0.717) is 5.75 Å². The molecule has 0 radical (unpaired) electrons. The zero-order valence-electron chi connectivity index (χ0n) is 12.7. The molecule has 0 aliphatic heterocycles. The van der Waals surface area contributed by atoms with Gasteiger partial charge >= 0.3 is 0 Å². The number of nitrogens with one attached hydrogen (secondary N) is 1. The van der Waals surface area contributed by atoms with E-state index in [1.54, 1.807) is 0 Å². The Bertz CT molecular complexity index is 583. The Morgan fingerprint density at radius 1 is 1.00 bits per heavy atom. The predicted octanol–water partition coefficient (Wildman–Crippen LogP) is 4.00. The molecule has 0 heterocycles. The minimum absolute atomic E-state index is 0.00373. The van der Waals surface area contributed by atoms with Gasteiger partial charge in [0.15, 0.2) is 6.61 Å². The molecule has 0 fully saturated rings. The molecule has 0 aliphatic carbocycles. The van der Waals surface area contributed by atoms with Gasteiger partial charge in [-0.2, -0.15) is 0 Å². The third-order valence-corrected chi connectivity index (χ3v) is 3.15. The number of hydrogen-bond donors (Lipinski definition) is 1. The fourth-order valence-corrected chi connectivity index (χ4v) is 1.92. The summed E-state index contributed by atoms with van der Waals surface area (Å²) in [7, 11) is 0. The van der Waals surface area contributed by atoms with Gasteiger partial charge in [0.2, 0.25) is 0 Å². The zero-order chi connectivity index (χ0) is 15.3. The molecule has 3 nitrogen and oxygen atoms in total. The topological polar surface area (TPSA) is 38.3 Å². The average molecular weight is 283 g/mol. The lowest BCUT2D eigenvalue weighted by Gasteiger charge is -2.19. The maximum atomic E-state index is 11.8. The zero-order valence-corrected chi connectivity index (χ0v) is 12.7. The van der Waals surface area contributed by atoms with Crippen LogP contribution in [-0.4, -0.2) is 12.5 Å². The molecular formula is C18H21NO2. The highest BCUT2D eigenvalue weighted by atomic mass is 16.5. The molecule has 0 saturated carbocycles. The van der Waals surface area contributed by atoms with Crippen molar-refractivity contribution >= 4 is 11.6 Å². The van der Waals surface area contributed by atoms with Gasteiger partial charge in [0.05, 0.1) is 0 Å². The molecule has 0 saturated heterocycles. The van der Waals surface area contributed by atoms with Crippen molar-refractivity contribution in [1.29, 1.82) is 0 Å². The Morgan fingerprint density at radius 3 is 2.19 bits per heavy atom. The summed E-state index contributed by atoms with van der Waals surface area (Å²) in [6, 6.07) is 17.2.